The summed E-state index contributed by atoms with van der Waals surface area (Å²) in [5.74, 6) is -1.02. The van der Waals surface area contributed by atoms with Gasteiger partial charge in [-0.25, -0.2) is 13.2 Å². The zero-order valence-corrected chi connectivity index (χ0v) is 14.3. The van der Waals surface area contributed by atoms with Crippen LogP contribution in [-0.2, 0) is 24.1 Å². The summed E-state index contributed by atoms with van der Waals surface area (Å²) in [7, 11) is -3.56. The van der Waals surface area contributed by atoms with Gasteiger partial charge in [-0.3, -0.25) is 4.79 Å². The Morgan fingerprint density at radius 3 is 2.71 bits per heavy atom. The third-order valence-corrected chi connectivity index (χ3v) is 4.44. The molecule has 1 aromatic rings. The van der Waals surface area contributed by atoms with Crippen LogP contribution in [0.4, 0.5) is 5.69 Å². The number of carbonyl (C=O) groups excluding carboxylic acids is 2. The highest BCUT2D eigenvalue weighted by Crippen LogP contribution is 2.20. The van der Waals surface area contributed by atoms with Crippen LogP contribution in [0.15, 0.2) is 23.1 Å². The molecule has 132 valence electrons. The van der Waals surface area contributed by atoms with Gasteiger partial charge in [0.2, 0.25) is 5.91 Å². The molecule has 1 atom stereocenters. The zero-order chi connectivity index (χ0) is 17.7. The fraction of sp³-hybridized carbons (Fsp3) is 0.467. The maximum Gasteiger partial charge on any atom is 0.338 e. The highest BCUT2D eigenvalue weighted by Gasteiger charge is 2.22. The molecule has 2 rings (SSSR count). The van der Waals surface area contributed by atoms with E-state index in [0.29, 0.717) is 13.2 Å². The van der Waals surface area contributed by atoms with E-state index in [2.05, 4.69) is 10.6 Å². The topological polar surface area (TPSA) is 111 Å². The van der Waals surface area contributed by atoms with E-state index < -0.39 is 21.8 Å². The number of carbonyl (C=O) groups is 2. The lowest BCUT2D eigenvalue weighted by Crippen LogP contribution is -2.48. The van der Waals surface area contributed by atoms with Gasteiger partial charge in [0.1, 0.15) is 6.04 Å². The predicted molar refractivity (Wildman–Crippen MR) is 86.7 cm³/mol. The van der Waals surface area contributed by atoms with Crippen molar-refractivity contribution in [3.63, 3.8) is 0 Å². The second-order valence-electron chi connectivity index (χ2n) is 5.31. The zero-order valence-electron chi connectivity index (χ0n) is 13.5. The molecular formula is C15H20N2O6S. The molecule has 0 spiro atoms. The molecule has 1 aliphatic heterocycles. The van der Waals surface area contributed by atoms with Crippen molar-refractivity contribution in [1.82, 2.24) is 5.32 Å². The Labute approximate surface area is 140 Å². The maximum absolute atomic E-state index is 12.2. The van der Waals surface area contributed by atoms with E-state index in [1.54, 1.807) is 6.92 Å². The third kappa shape index (κ3) is 4.76. The second-order valence-corrected chi connectivity index (χ2v) is 7.33. The number of morpholine rings is 1. The van der Waals surface area contributed by atoms with E-state index in [9.17, 15) is 18.0 Å². The molecule has 1 fully saturated rings. The molecule has 0 radical (unpaired) electrons. The molecule has 2 N–H and O–H groups in total. The lowest BCUT2D eigenvalue weighted by molar-refractivity contribution is -0.120. The van der Waals surface area contributed by atoms with E-state index in [1.807, 2.05) is 0 Å². The highest BCUT2D eigenvalue weighted by molar-refractivity contribution is 7.90. The van der Waals surface area contributed by atoms with Crippen LogP contribution in [0.25, 0.3) is 0 Å². The number of hydrogen-bond acceptors (Lipinski definition) is 7. The molecule has 8 nitrogen and oxygen atoms in total. The number of sulfone groups is 1. The number of nitrogens with one attached hydrogen (secondary N) is 2. The molecule has 0 saturated carbocycles. The monoisotopic (exact) mass is 356 g/mol. The largest absolute Gasteiger partial charge is 0.462 e. The summed E-state index contributed by atoms with van der Waals surface area (Å²) in [4.78, 5) is 24.0. The van der Waals surface area contributed by atoms with E-state index in [0.717, 1.165) is 6.26 Å². The van der Waals surface area contributed by atoms with Gasteiger partial charge >= 0.3 is 5.97 Å². The summed E-state index contributed by atoms with van der Waals surface area (Å²) in [5.41, 5.74) is 0.265. The molecule has 1 unspecified atom stereocenters. The van der Waals surface area contributed by atoms with Crippen molar-refractivity contribution in [2.45, 2.75) is 17.9 Å². The molecule has 0 aromatic heterocycles. The molecule has 0 aliphatic carbocycles. The third-order valence-electron chi connectivity index (χ3n) is 3.35. The maximum atomic E-state index is 12.2. The van der Waals surface area contributed by atoms with Crippen LogP contribution in [-0.4, -0.2) is 59.0 Å². The molecular weight excluding hydrogens is 336 g/mol. The minimum absolute atomic E-state index is 0.0583. The molecule has 1 aromatic carbocycles. The first kappa shape index (κ1) is 18.4. The fourth-order valence-electron chi connectivity index (χ4n) is 2.18. The van der Waals surface area contributed by atoms with Gasteiger partial charge in [-0.2, -0.15) is 0 Å². The van der Waals surface area contributed by atoms with Gasteiger partial charge in [0, 0.05) is 18.5 Å². The van der Waals surface area contributed by atoms with Crippen LogP contribution in [0.5, 0.6) is 0 Å². The average Bonchev–Trinajstić information content (AvgIpc) is 2.54. The fourth-order valence-corrected chi connectivity index (χ4v) is 2.86. The van der Waals surface area contributed by atoms with Crippen molar-refractivity contribution >= 4 is 27.4 Å². The number of benzene rings is 1. The van der Waals surface area contributed by atoms with Crippen LogP contribution in [0.1, 0.15) is 17.3 Å². The summed E-state index contributed by atoms with van der Waals surface area (Å²) in [6, 6.07) is 3.38. The molecule has 1 aliphatic rings. The molecule has 1 heterocycles. The molecule has 0 bridgehead atoms. The number of esters is 1. The van der Waals surface area contributed by atoms with Crippen molar-refractivity contribution in [2.24, 2.45) is 0 Å². The minimum Gasteiger partial charge on any atom is -0.462 e. The average molecular weight is 356 g/mol. The Balaban J connectivity index is 2.28. The van der Waals surface area contributed by atoms with Crippen LogP contribution >= 0.6 is 0 Å². The summed E-state index contributed by atoms with van der Waals surface area (Å²) >= 11 is 0. The molecule has 9 heteroatoms. The van der Waals surface area contributed by atoms with E-state index in [4.69, 9.17) is 9.47 Å². The quantitative estimate of drug-likeness (QED) is 0.725. The molecule has 1 saturated heterocycles. The Hall–Kier alpha value is -1.97. The van der Waals surface area contributed by atoms with Crippen molar-refractivity contribution in [2.75, 3.05) is 37.9 Å². The first-order valence-corrected chi connectivity index (χ1v) is 9.34. The van der Waals surface area contributed by atoms with Crippen LogP contribution in [0.3, 0.4) is 0 Å². The van der Waals surface area contributed by atoms with Crippen molar-refractivity contribution < 1.29 is 27.5 Å². The molecule has 1 amide bonds. The van der Waals surface area contributed by atoms with Crippen molar-refractivity contribution in [1.29, 1.82) is 0 Å². The van der Waals surface area contributed by atoms with Gasteiger partial charge in [-0.15, -0.1) is 0 Å². The van der Waals surface area contributed by atoms with Crippen molar-refractivity contribution in [3.8, 4) is 0 Å². The Morgan fingerprint density at radius 1 is 1.38 bits per heavy atom. The van der Waals surface area contributed by atoms with Gasteiger partial charge in [-0.1, -0.05) is 0 Å². The predicted octanol–water partition coefficient (Wildman–Crippen LogP) is 0.194. The van der Waals surface area contributed by atoms with E-state index >= 15 is 0 Å². The first-order valence-electron chi connectivity index (χ1n) is 7.45. The van der Waals surface area contributed by atoms with E-state index in [1.165, 1.54) is 18.2 Å². The van der Waals surface area contributed by atoms with Gasteiger partial charge in [-0.05, 0) is 25.1 Å². The normalized spacial score (nSPS) is 18.0. The summed E-state index contributed by atoms with van der Waals surface area (Å²) in [5, 5.41) is 5.60. The first-order chi connectivity index (χ1) is 11.3. The minimum atomic E-state index is -3.56. The lowest BCUT2D eigenvalue weighted by atomic mass is 10.2. The van der Waals surface area contributed by atoms with Crippen molar-refractivity contribution in [3.05, 3.63) is 23.8 Å². The van der Waals surface area contributed by atoms with Crippen LogP contribution in [0, 0.1) is 0 Å². The number of amides is 1. The standard InChI is InChI=1S/C15H20N2O6S/c1-3-23-15(19)10-6-11(8-12(7-10)24(2,20)21)17-14(18)13-9-22-5-4-16-13/h6-8,13,16H,3-5,9H2,1-2H3,(H,17,18). The van der Waals surface area contributed by atoms with E-state index in [-0.39, 0.29) is 35.3 Å². The summed E-state index contributed by atoms with van der Waals surface area (Å²) < 4.78 is 33.7. The van der Waals surface area contributed by atoms with Gasteiger partial charge in [0.25, 0.3) is 0 Å². The number of anilines is 1. The number of rotatable bonds is 5. The lowest BCUT2D eigenvalue weighted by Gasteiger charge is -2.23. The number of ether oxygens (including phenoxy) is 2. The van der Waals surface area contributed by atoms with Gasteiger partial charge < -0.3 is 20.1 Å². The van der Waals surface area contributed by atoms with Gasteiger partial charge in [0.05, 0.1) is 30.3 Å². The highest BCUT2D eigenvalue weighted by atomic mass is 32.2. The molecule has 24 heavy (non-hydrogen) atoms. The summed E-state index contributed by atoms with van der Waals surface area (Å²) in [6.07, 6.45) is 1.03. The SMILES string of the molecule is CCOC(=O)c1cc(NC(=O)C2COCCN2)cc(S(C)(=O)=O)c1. The second kappa shape index (κ2) is 7.73. The van der Waals surface area contributed by atoms with Crippen LogP contribution in [0.2, 0.25) is 0 Å². The Bertz CT molecular complexity index is 725. The Kier molecular flexibility index (Phi) is 5.92. The summed E-state index contributed by atoms with van der Waals surface area (Å²) in [6.45, 7) is 3.11. The smallest absolute Gasteiger partial charge is 0.338 e. The Morgan fingerprint density at radius 2 is 2.12 bits per heavy atom. The van der Waals surface area contributed by atoms with Crippen LogP contribution < -0.4 is 10.6 Å². The van der Waals surface area contributed by atoms with Gasteiger partial charge in [0.15, 0.2) is 9.84 Å². The number of hydrogen-bond donors (Lipinski definition) is 2.